The molecule has 5 nitrogen and oxygen atoms in total. The summed E-state index contributed by atoms with van der Waals surface area (Å²) in [6, 6.07) is 6.77. The predicted octanol–water partition coefficient (Wildman–Crippen LogP) is 1.77. The van der Waals surface area contributed by atoms with Crippen molar-refractivity contribution in [1.82, 2.24) is 0 Å². The van der Waals surface area contributed by atoms with Crippen LogP contribution in [0.3, 0.4) is 0 Å². The molecule has 0 saturated carbocycles. The zero-order chi connectivity index (χ0) is 15.9. The Hall–Kier alpha value is -2.02. The lowest BCUT2D eigenvalue weighted by Gasteiger charge is -2.12. The van der Waals surface area contributed by atoms with Gasteiger partial charge in [-0.15, -0.1) is 0 Å². The molecule has 0 fully saturated rings. The number of nitrogens with zero attached hydrogens (tertiary/aromatic N) is 1. The minimum atomic E-state index is -3.71. The largest absolute Gasteiger partial charge is 0.395 e. The van der Waals surface area contributed by atoms with Crippen molar-refractivity contribution in [2.45, 2.75) is 31.9 Å². The predicted molar refractivity (Wildman–Crippen MR) is 82.0 cm³/mol. The second-order valence-electron chi connectivity index (χ2n) is 4.48. The zero-order valence-electron chi connectivity index (χ0n) is 12.0. The van der Waals surface area contributed by atoms with Gasteiger partial charge in [0.05, 0.1) is 12.7 Å². The van der Waals surface area contributed by atoms with E-state index in [2.05, 4.69) is 16.6 Å². The minimum Gasteiger partial charge on any atom is -0.395 e. The smallest absolute Gasteiger partial charge is 0.249 e. The maximum Gasteiger partial charge on any atom is 0.249 e. The van der Waals surface area contributed by atoms with Gasteiger partial charge in [-0.25, -0.2) is 8.42 Å². The van der Waals surface area contributed by atoms with Gasteiger partial charge in [0.2, 0.25) is 10.0 Å². The Balaban J connectivity index is 2.96. The van der Waals surface area contributed by atoms with Crippen molar-refractivity contribution in [3.8, 4) is 17.9 Å². The molecular weight excluding hydrogens is 288 g/mol. The van der Waals surface area contributed by atoms with Crippen LogP contribution in [0, 0.1) is 30.1 Å². The summed E-state index contributed by atoms with van der Waals surface area (Å²) in [6.07, 6.45) is 0.629. The number of nitriles is 1. The molecule has 1 rings (SSSR count). The molecule has 0 aliphatic rings. The second kappa shape index (κ2) is 7.68. The molecule has 21 heavy (non-hydrogen) atoms. The second-order valence-corrected chi connectivity index (χ2v) is 6.34. The first-order chi connectivity index (χ1) is 9.94. The van der Waals surface area contributed by atoms with Gasteiger partial charge in [-0.3, -0.25) is 4.72 Å². The van der Waals surface area contributed by atoms with Gasteiger partial charge >= 0.3 is 0 Å². The number of hydrogen-bond donors (Lipinski definition) is 2. The first-order valence-electron chi connectivity index (χ1n) is 6.56. The highest BCUT2D eigenvalue weighted by atomic mass is 32.2. The van der Waals surface area contributed by atoms with Gasteiger partial charge in [-0.1, -0.05) is 18.8 Å². The van der Waals surface area contributed by atoms with Crippen LogP contribution in [0.15, 0.2) is 18.2 Å². The van der Waals surface area contributed by atoms with Gasteiger partial charge in [0.1, 0.15) is 0 Å². The Kier molecular flexibility index (Phi) is 6.23. The van der Waals surface area contributed by atoms with Crippen LogP contribution in [0.4, 0.5) is 5.69 Å². The maximum absolute atomic E-state index is 12.0. The number of hydrogen-bond acceptors (Lipinski definition) is 4. The van der Waals surface area contributed by atoms with Gasteiger partial charge in [0, 0.05) is 17.7 Å². The summed E-state index contributed by atoms with van der Waals surface area (Å²) in [7, 11) is -3.71. The van der Waals surface area contributed by atoms with Gasteiger partial charge in [-0.05, 0) is 37.1 Å². The summed E-state index contributed by atoms with van der Waals surface area (Å²) < 4.78 is 26.4. The molecule has 0 heterocycles. The first kappa shape index (κ1) is 17.0. The Bertz CT molecular complexity index is 694. The van der Waals surface area contributed by atoms with Crippen molar-refractivity contribution in [3.05, 3.63) is 29.3 Å². The number of nitrogens with one attached hydrogen (secondary N) is 1. The van der Waals surface area contributed by atoms with Crippen molar-refractivity contribution in [3.63, 3.8) is 0 Å². The molecule has 1 aromatic carbocycles. The summed E-state index contributed by atoms with van der Waals surface area (Å²) in [5, 5.41) is 16.5. The molecule has 112 valence electrons. The number of aliphatic hydroxyl groups is 1. The molecule has 0 amide bonds. The van der Waals surface area contributed by atoms with Crippen molar-refractivity contribution in [1.29, 1.82) is 5.26 Å². The highest BCUT2D eigenvalue weighted by Crippen LogP contribution is 2.17. The van der Waals surface area contributed by atoms with Crippen LogP contribution in [-0.2, 0) is 10.0 Å². The van der Waals surface area contributed by atoms with E-state index in [-0.39, 0.29) is 13.0 Å². The number of sulfonamides is 1. The van der Waals surface area contributed by atoms with Crippen LogP contribution in [0.25, 0.3) is 0 Å². The molecule has 0 aromatic heterocycles. The van der Waals surface area contributed by atoms with Crippen molar-refractivity contribution < 1.29 is 13.5 Å². The summed E-state index contributed by atoms with van der Waals surface area (Å²) in [5.41, 5.74) is 2.01. The lowest BCUT2D eigenvalue weighted by Crippen LogP contribution is -2.25. The summed E-state index contributed by atoms with van der Waals surface area (Å²) in [5.74, 6) is 5.72. The Morgan fingerprint density at radius 1 is 1.43 bits per heavy atom. The molecule has 0 aliphatic heterocycles. The highest BCUT2D eigenvalue weighted by molar-refractivity contribution is 7.93. The molecule has 0 radical (unpaired) electrons. The third kappa shape index (κ3) is 4.78. The van der Waals surface area contributed by atoms with E-state index in [1.165, 1.54) is 0 Å². The van der Waals surface area contributed by atoms with E-state index in [1.807, 2.05) is 6.92 Å². The molecule has 1 atom stereocenters. The summed E-state index contributed by atoms with van der Waals surface area (Å²) >= 11 is 0. The Morgan fingerprint density at radius 3 is 2.67 bits per heavy atom. The quantitative estimate of drug-likeness (QED) is 0.811. The van der Waals surface area contributed by atoms with Crippen LogP contribution < -0.4 is 4.72 Å². The average Bonchev–Trinajstić information content (AvgIpc) is 2.42. The van der Waals surface area contributed by atoms with Crippen LogP contribution in [0.1, 0.15) is 30.9 Å². The lowest BCUT2D eigenvalue weighted by atomic mass is 10.1. The van der Waals surface area contributed by atoms with E-state index < -0.39 is 15.3 Å². The van der Waals surface area contributed by atoms with Gasteiger partial charge in [0.25, 0.3) is 0 Å². The molecule has 0 aliphatic carbocycles. The van der Waals surface area contributed by atoms with E-state index in [4.69, 9.17) is 10.4 Å². The molecule has 1 aromatic rings. The number of anilines is 1. The molecule has 6 heteroatoms. The van der Waals surface area contributed by atoms with Crippen LogP contribution in [0.2, 0.25) is 0 Å². The number of aryl methyl sites for hydroxylation is 1. The van der Waals surface area contributed by atoms with Crippen LogP contribution in [-0.4, -0.2) is 25.4 Å². The van der Waals surface area contributed by atoms with Crippen LogP contribution in [0.5, 0.6) is 0 Å². The SMILES string of the molecule is CCC(C#N)S(=O)(=O)Nc1ccc(C#CCCO)c(C)c1. The number of aliphatic hydroxyl groups excluding tert-OH is 1. The zero-order valence-corrected chi connectivity index (χ0v) is 12.9. The maximum atomic E-state index is 12.0. The van der Waals surface area contributed by atoms with E-state index in [0.717, 1.165) is 11.1 Å². The van der Waals surface area contributed by atoms with Crippen LogP contribution >= 0.6 is 0 Å². The molecule has 2 N–H and O–H groups in total. The Morgan fingerprint density at radius 2 is 2.14 bits per heavy atom. The number of rotatable bonds is 5. The van der Waals surface area contributed by atoms with E-state index in [1.54, 1.807) is 31.2 Å². The van der Waals surface area contributed by atoms with E-state index in [0.29, 0.717) is 12.1 Å². The fourth-order valence-corrected chi connectivity index (χ4v) is 2.87. The van der Waals surface area contributed by atoms with Crippen molar-refractivity contribution >= 4 is 15.7 Å². The molecular formula is C15H18N2O3S. The molecule has 0 bridgehead atoms. The monoisotopic (exact) mass is 306 g/mol. The fourth-order valence-electron chi connectivity index (χ4n) is 1.70. The highest BCUT2D eigenvalue weighted by Gasteiger charge is 2.23. The van der Waals surface area contributed by atoms with Gasteiger partial charge < -0.3 is 5.11 Å². The summed E-state index contributed by atoms with van der Waals surface area (Å²) in [6.45, 7) is 3.48. The average molecular weight is 306 g/mol. The Labute approximate surface area is 125 Å². The third-order valence-corrected chi connectivity index (χ3v) is 4.54. The van der Waals surface area contributed by atoms with E-state index >= 15 is 0 Å². The van der Waals surface area contributed by atoms with Crippen molar-refractivity contribution in [2.75, 3.05) is 11.3 Å². The lowest BCUT2D eigenvalue weighted by molar-refractivity contribution is 0.305. The standard InChI is InChI=1S/C15H18N2O3S/c1-3-15(11-16)21(19,20)17-14-8-7-13(12(2)10-14)6-4-5-9-18/h7-8,10,15,17-18H,3,5,9H2,1-2H3. The molecule has 0 spiro atoms. The van der Waals surface area contributed by atoms with Crippen molar-refractivity contribution in [2.24, 2.45) is 0 Å². The van der Waals surface area contributed by atoms with E-state index in [9.17, 15) is 8.42 Å². The fraction of sp³-hybridized carbons (Fsp3) is 0.400. The van der Waals surface area contributed by atoms with Gasteiger partial charge in [-0.2, -0.15) is 5.26 Å². The third-order valence-electron chi connectivity index (χ3n) is 2.84. The molecule has 0 saturated heterocycles. The topological polar surface area (TPSA) is 90.2 Å². The number of benzene rings is 1. The van der Waals surface area contributed by atoms with Gasteiger partial charge in [0.15, 0.2) is 5.25 Å². The molecule has 1 unspecified atom stereocenters. The first-order valence-corrected chi connectivity index (χ1v) is 8.10. The normalized spacial score (nSPS) is 11.9. The minimum absolute atomic E-state index is 0.0104. The summed E-state index contributed by atoms with van der Waals surface area (Å²) in [4.78, 5) is 0.